The Morgan fingerprint density at radius 3 is 2.70 bits per heavy atom. The van der Waals surface area contributed by atoms with E-state index in [0.29, 0.717) is 24.3 Å². The van der Waals surface area contributed by atoms with E-state index in [1.54, 1.807) is 6.07 Å². The van der Waals surface area contributed by atoms with Crippen LogP contribution in [0.15, 0.2) is 21.6 Å². The summed E-state index contributed by atoms with van der Waals surface area (Å²) in [5.74, 6) is 1.22. The zero-order valence-corrected chi connectivity index (χ0v) is 12.7. The Morgan fingerprint density at radius 2 is 2.05 bits per heavy atom. The molecule has 1 saturated heterocycles. The largest absolute Gasteiger partial charge is 0.447 e. The van der Waals surface area contributed by atoms with Gasteiger partial charge in [0.15, 0.2) is 0 Å². The lowest BCUT2D eigenvalue weighted by Gasteiger charge is -2.28. The molecule has 0 saturated carbocycles. The van der Waals surface area contributed by atoms with E-state index in [1.807, 2.05) is 0 Å². The fourth-order valence-corrected chi connectivity index (χ4v) is 3.01. The number of nitrogens with one attached hydrogen (secondary N) is 2. The van der Waals surface area contributed by atoms with E-state index in [1.165, 1.54) is 13.1 Å². The van der Waals surface area contributed by atoms with Gasteiger partial charge < -0.3 is 14.5 Å². The maximum absolute atomic E-state index is 11.6. The van der Waals surface area contributed by atoms with Gasteiger partial charge in [0, 0.05) is 19.3 Å². The van der Waals surface area contributed by atoms with E-state index in [2.05, 4.69) is 17.0 Å². The Labute approximate surface area is 119 Å². The molecular weight excluding hydrogens is 280 g/mol. The molecule has 7 heteroatoms. The summed E-state index contributed by atoms with van der Waals surface area (Å²) >= 11 is 0. The molecule has 0 bridgehead atoms. The van der Waals surface area contributed by atoms with Crippen molar-refractivity contribution in [1.82, 2.24) is 10.0 Å². The van der Waals surface area contributed by atoms with E-state index < -0.39 is 10.0 Å². The number of hydrogen-bond acceptors (Lipinski definition) is 5. The maximum Gasteiger partial charge on any atom is 0.273 e. The highest BCUT2D eigenvalue weighted by atomic mass is 32.2. The average molecular weight is 302 g/mol. The van der Waals surface area contributed by atoms with Crippen molar-refractivity contribution in [2.75, 3.05) is 20.3 Å². The highest BCUT2D eigenvalue weighted by Crippen LogP contribution is 2.19. The minimum Gasteiger partial charge on any atom is -0.447 e. The van der Waals surface area contributed by atoms with Crippen LogP contribution in [0.25, 0.3) is 0 Å². The Balaban J connectivity index is 1.88. The molecule has 1 aromatic heterocycles. The van der Waals surface area contributed by atoms with Crippen molar-refractivity contribution in [1.29, 1.82) is 0 Å². The van der Waals surface area contributed by atoms with Gasteiger partial charge in [-0.2, -0.15) is 0 Å². The smallest absolute Gasteiger partial charge is 0.273 e. The van der Waals surface area contributed by atoms with Crippen molar-refractivity contribution in [3.8, 4) is 0 Å². The third kappa shape index (κ3) is 3.82. The Hall–Kier alpha value is -0.890. The number of hydrogen-bond donors (Lipinski definition) is 2. The Bertz CT molecular complexity index is 520. The topological polar surface area (TPSA) is 80.6 Å². The van der Waals surface area contributed by atoms with Gasteiger partial charge >= 0.3 is 0 Å². The average Bonchev–Trinajstić information content (AvgIpc) is 2.95. The highest BCUT2D eigenvalue weighted by molar-refractivity contribution is 7.89. The predicted octanol–water partition coefficient (Wildman–Crippen LogP) is 1.09. The second-order valence-electron chi connectivity index (χ2n) is 5.05. The monoisotopic (exact) mass is 302 g/mol. The van der Waals surface area contributed by atoms with Crippen LogP contribution in [0.1, 0.15) is 25.5 Å². The highest BCUT2D eigenvalue weighted by Gasteiger charge is 2.21. The normalized spacial score (nSPS) is 19.1. The molecule has 2 rings (SSSR count). The van der Waals surface area contributed by atoms with E-state index in [-0.39, 0.29) is 5.09 Å². The summed E-state index contributed by atoms with van der Waals surface area (Å²) in [5, 5.41) is 3.34. The van der Waals surface area contributed by atoms with Crippen molar-refractivity contribution in [2.24, 2.45) is 5.92 Å². The van der Waals surface area contributed by atoms with Crippen LogP contribution in [0, 0.1) is 5.92 Å². The molecule has 0 spiro atoms. The minimum atomic E-state index is -3.50. The van der Waals surface area contributed by atoms with Crippen LogP contribution >= 0.6 is 0 Å². The van der Waals surface area contributed by atoms with Crippen molar-refractivity contribution >= 4 is 10.0 Å². The molecule has 1 unspecified atom stereocenters. The molecule has 0 aromatic carbocycles. The molecule has 114 valence electrons. The first-order chi connectivity index (χ1) is 9.53. The number of ether oxygens (including phenoxy) is 1. The van der Waals surface area contributed by atoms with Crippen LogP contribution in [-0.4, -0.2) is 34.7 Å². The molecule has 1 aliphatic rings. The van der Waals surface area contributed by atoms with Crippen molar-refractivity contribution in [2.45, 2.75) is 37.4 Å². The van der Waals surface area contributed by atoms with Gasteiger partial charge in [-0.05, 0) is 44.9 Å². The van der Waals surface area contributed by atoms with E-state index in [4.69, 9.17) is 9.15 Å². The van der Waals surface area contributed by atoms with Crippen molar-refractivity contribution in [3.63, 3.8) is 0 Å². The zero-order chi connectivity index (χ0) is 14.6. The quantitative estimate of drug-likeness (QED) is 0.822. The predicted molar refractivity (Wildman–Crippen MR) is 74.8 cm³/mol. The fraction of sp³-hybridized carbons (Fsp3) is 0.692. The molecule has 0 aliphatic carbocycles. The van der Waals surface area contributed by atoms with E-state index in [9.17, 15) is 8.42 Å². The molecule has 2 N–H and O–H groups in total. The fourth-order valence-electron chi connectivity index (χ4n) is 2.34. The lowest BCUT2D eigenvalue weighted by Crippen LogP contribution is -2.36. The lowest BCUT2D eigenvalue weighted by atomic mass is 9.93. The molecular formula is C13H22N2O4S. The van der Waals surface area contributed by atoms with Gasteiger partial charge in [0.05, 0.1) is 6.54 Å². The summed E-state index contributed by atoms with van der Waals surface area (Å²) in [6, 6.07) is 3.52. The molecule has 1 aromatic rings. The SMILES string of the molecule is CNS(=O)(=O)c1ccc(CNC(C)C2CCOCC2)o1. The summed E-state index contributed by atoms with van der Waals surface area (Å²) in [6.45, 7) is 4.31. The van der Waals surface area contributed by atoms with Crippen LogP contribution in [0.5, 0.6) is 0 Å². The van der Waals surface area contributed by atoms with Gasteiger partial charge in [-0.1, -0.05) is 0 Å². The van der Waals surface area contributed by atoms with E-state index in [0.717, 1.165) is 26.1 Å². The molecule has 1 fully saturated rings. The minimum absolute atomic E-state index is 0.0458. The first-order valence-electron chi connectivity index (χ1n) is 6.86. The van der Waals surface area contributed by atoms with E-state index >= 15 is 0 Å². The first kappa shape index (κ1) is 15.5. The molecule has 1 atom stereocenters. The molecule has 2 heterocycles. The van der Waals surface area contributed by atoms with Gasteiger partial charge in [-0.25, -0.2) is 13.1 Å². The van der Waals surface area contributed by atoms with Crippen LogP contribution < -0.4 is 10.0 Å². The van der Waals surface area contributed by atoms with Crippen molar-refractivity contribution in [3.05, 3.63) is 17.9 Å². The van der Waals surface area contributed by atoms with Gasteiger partial charge in [0.25, 0.3) is 10.0 Å². The third-order valence-corrected chi connectivity index (χ3v) is 5.03. The van der Waals surface area contributed by atoms with Gasteiger partial charge in [-0.3, -0.25) is 0 Å². The van der Waals surface area contributed by atoms with Gasteiger partial charge in [0.1, 0.15) is 5.76 Å². The number of sulfonamides is 1. The van der Waals surface area contributed by atoms with Crippen LogP contribution in [0.2, 0.25) is 0 Å². The van der Waals surface area contributed by atoms with Crippen LogP contribution in [0.4, 0.5) is 0 Å². The third-order valence-electron chi connectivity index (χ3n) is 3.74. The Morgan fingerprint density at radius 1 is 1.35 bits per heavy atom. The summed E-state index contributed by atoms with van der Waals surface area (Å²) in [7, 11) is -2.13. The van der Waals surface area contributed by atoms with Gasteiger partial charge in [0.2, 0.25) is 5.09 Å². The first-order valence-corrected chi connectivity index (χ1v) is 8.34. The molecule has 6 nitrogen and oxygen atoms in total. The maximum atomic E-state index is 11.6. The second kappa shape index (κ2) is 6.71. The standard InChI is InChI=1S/C13H22N2O4S/c1-10(11-5-7-18-8-6-11)15-9-12-3-4-13(19-12)20(16,17)14-2/h3-4,10-11,14-15H,5-9H2,1-2H3. The summed E-state index contributed by atoms with van der Waals surface area (Å²) in [4.78, 5) is 0. The summed E-state index contributed by atoms with van der Waals surface area (Å²) in [5.41, 5.74) is 0. The van der Waals surface area contributed by atoms with Gasteiger partial charge in [-0.15, -0.1) is 0 Å². The second-order valence-corrected chi connectivity index (χ2v) is 6.87. The number of rotatable bonds is 6. The summed E-state index contributed by atoms with van der Waals surface area (Å²) < 4.78 is 36.0. The lowest BCUT2D eigenvalue weighted by molar-refractivity contribution is 0.0555. The summed E-state index contributed by atoms with van der Waals surface area (Å²) in [6.07, 6.45) is 2.12. The van der Waals surface area contributed by atoms with Crippen LogP contribution in [0.3, 0.4) is 0 Å². The molecule has 0 radical (unpaired) electrons. The molecule has 1 aliphatic heterocycles. The zero-order valence-electron chi connectivity index (χ0n) is 11.9. The Kier molecular flexibility index (Phi) is 5.20. The molecule has 20 heavy (non-hydrogen) atoms. The number of furan rings is 1. The van der Waals surface area contributed by atoms with Crippen molar-refractivity contribution < 1.29 is 17.6 Å². The molecule has 0 amide bonds. The van der Waals surface area contributed by atoms with Crippen LogP contribution in [-0.2, 0) is 21.3 Å².